The van der Waals surface area contributed by atoms with Gasteiger partial charge in [0.2, 0.25) is 5.91 Å². The molecule has 0 radical (unpaired) electrons. The summed E-state index contributed by atoms with van der Waals surface area (Å²) in [6, 6.07) is 4.30. The molecule has 2 N–H and O–H groups in total. The average molecular weight is 295 g/mol. The molecule has 1 aromatic rings. The number of nitrogens with two attached hydrogens (primary N) is 1. The zero-order valence-corrected chi connectivity index (χ0v) is 11.6. The first-order chi connectivity index (χ1) is 9.40. The summed E-state index contributed by atoms with van der Waals surface area (Å²) in [5.41, 5.74) is 5.87. The standard InChI is InChI=1S/C12H13N3O4S/c1-7(16)20-8-5-11(17)14(6-8)12-9(13)3-2-4-10(12)15(18)19/h2-4,8H,5-6,13H2,1H3. The quantitative estimate of drug-likeness (QED) is 0.515. The molecule has 1 fully saturated rings. The Morgan fingerprint density at radius 1 is 1.55 bits per heavy atom. The number of benzene rings is 1. The van der Waals surface area contributed by atoms with Crippen molar-refractivity contribution in [2.45, 2.75) is 18.6 Å². The highest BCUT2D eigenvalue weighted by molar-refractivity contribution is 8.14. The lowest BCUT2D eigenvalue weighted by atomic mass is 10.2. The zero-order valence-electron chi connectivity index (χ0n) is 10.7. The first-order valence-electron chi connectivity index (χ1n) is 5.90. The van der Waals surface area contributed by atoms with Crippen molar-refractivity contribution in [3.8, 4) is 0 Å². The van der Waals surface area contributed by atoms with Crippen LogP contribution in [0.4, 0.5) is 17.1 Å². The normalized spacial score (nSPS) is 18.4. The molecular formula is C12H13N3O4S. The minimum Gasteiger partial charge on any atom is -0.397 e. The van der Waals surface area contributed by atoms with Gasteiger partial charge in [-0.15, -0.1) is 0 Å². The molecule has 1 unspecified atom stereocenters. The van der Waals surface area contributed by atoms with Crippen LogP contribution in [0, 0.1) is 10.1 Å². The molecule has 1 aliphatic heterocycles. The average Bonchev–Trinajstić information content (AvgIpc) is 2.68. The van der Waals surface area contributed by atoms with Crippen molar-refractivity contribution in [1.29, 1.82) is 0 Å². The molecule has 0 bridgehead atoms. The smallest absolute Gasteiger partial charge is 0.295 e. The number of nitro benzene ring substituents is 1. The van der Waals surface area contributed by atoms with Crippen molar-refractivity contribution in [1.82, 2.24) is 0 Å². The summed E-state index contributed by atoms with van der Waals surface area (Å²) in [7, 11) is 0. The molecule has 1 aliphatic rings. The van der Waals surface area contributed by atoms with Crippen LogP contribution >= 0.6 is 11.8 Å². The molecule has 1 aromatic carbocycles. The largest absolute Gasteiger partial charge is 0.397 e. The topological polar surface area (TPSA) is 107 Å². The maximum atomic E-state index is 12.0. The Morgan fingerprint density at radius 3 is 2.85 bits per heavy atom. The van der Waals surface area contributed by atoms with E-state index in [4.69, 9.17) is 5.73 Å². The lowest BCUT2D eigenvalue weighted by Crippen LogP contribution is -2.26. The van der Waals surface area contributed by atoms with E-state index in [2.05, 4.69) is 0 Å². The molecule has 2 rings (SSSR count). The minimum absolute atomic E-state index is 0.0832. The number of nitrogen functional groups attached to an aromatic ring is 1. The second kappa shape index (κ2) is 5.49. The number of nitro groups is 1. The molecule has 20 heavy (non-hydrogen) atoms. The number of nitrogens with zero attached hydrogens (tertiary/aromatic N) is 2. The van der Waals surface area contributed by atoms with Crippen LogP contribution in [0.3, 0.4) is 0 Å². The number of thioether (sulfide) groups is 1. The molecule has 0 aromatic heterocycles. The van der Waals surface area contributed by atoms with Crippen molar-refractivity contribution >= 4 is 39.8 Å². The number of rotatable bonds is 3. The van der Waals surface area contributed by atoms with Crippen LogP contribution in [-0.2, 0) is 9.59 Å². The summed E-state index contributed by atoms with van der Waals surface area (Å²) in [5.74, 6) is -0.259. The second-order valence-electron chi connectivity index (χ2n) is 4.41. The van der Waals surface area contributed by atoms with E-state index in [0.29, 0.717) is 0 Å². The molecule has 1 amide bonds. The van der Waals surface area contributed by atoms with Gasteiger partial charge in [0.1, 0.15) is 5.69 Å². The van der Waals surface area contributed by atoms with E-state index in [1.807, 2.05) is 0 Å². The Hall–Kier alpha value is -2.09. The van der Waals surface area contributed by atoms with E-state index in [9.17, 15) is 19.7 Å². The molecule has 7 nitrogen and oxygen atoms in total. The fourth-order valence-electron chi connectivity index (χ4n) is 2.19. The van der Waals surface area contributed by atoms with Gasteiger partial charge in [-0.2, -0.15) is 0 Å². The van der Waals surface area contributed by atoms with Gasteiger partial charge in [-0.25, -0.2) is 0 Å². The van der Waals surface area contributed by atoms with E-state index >= 15 is 0 Å². The molecule has 1 atom stereocenters. The lowest BCUT2D eigenvalue weighted by Gasteiger charge is -2.18. The number of amides is 1. The van der Waals surface area contributed by atoms with E-state index in [0.717, 1.165) is 11.8 Å². The maximum Gasteiger partial charge on any atom is 0.295 e. The van der Waals surface area contributed by atoms with E-state index in [1.54, 1.807) is 0 Å². The van der Waals surface area contributed by atoms with Crippen molar-refractivity contribution in [3.05, 3.63) is 28.3 Å². The lowest BCUT2D eigenvalue weighted by molar-refractivity contribution is -0.384. The maximum absolute atomic E-state index is 12.0. The second-order valence-corrected chi connectivity index (χ2v) is 5.89. The van der Waals surface area contributed by atoms with Crippen LogP contribution in [0.1, 0.15) is 13.3 Å². The Morgan fingerprint density at radius 2 is 2.25 bits per heavy atom. The zero-order chi connectivity index (χ0) is 14.9. The van der Waals surface area contributed by atoms with Crippen molar-refractivity contribution in [2.24, 2.45) is 0 Å². The third-order valence-electron chi connectivity index (χ3n) is 2.93. The Bertz CT molecular complexity index is 590. The first kappa shape index (κ1) is 14.3. The molecule has 106 valence electrons. The SMILES string of the molecule is CC(=O)SC1CC(=O)N(c2c(N)cccc2[N+](=O)[O-])C1. The summed E-state index contributed by atoms with van der Waals surface area (Å²) < 4.78 is 0. The number of para-hydroxylation sites is 1. The summed E-state index contributed by atoms with van der Waals surface area (Å²) in [5, 5.41) is 10.8. The van der Waals surface area contributed by atoms with E-state index in [-0.39, 0.29) is 46.3 Å². The van der Waals surface area contributed by atoms with Crippen molar-refractivity contribution in [2.75, 3.05) is 17.2 Å². The Kier molecular flexibility index (Phi) is 3.93. The van der Waals surface area contributed by atoms with Crippen LogP contribution in [0.2, 0.25) is 0 Å². The fourth-order valence-corrected chi connectivity index (χ4v) is 3.11. The third-order valence-corrected chi connectivity index (χ3v) is 3.92. The van der Waals surface area contributed by atoms with Gasteiger partial charge in [-0.05, 0) is 6.07 Å². The van der Waals surface area contributed by atoms with Crippen LogP contribution in [0.25, 0.3) is 0 Å². The number of anilines is 2. The van der Waals surface area contributed by atoms with Gasteiger partial charge in [0.15, 0.2) is 5.12 Å². The monoisotopic (exact) mass is 295 g/mol. The molecule has 0 spiro atoms. The van der Waals surface area contributed by atoms with Gasteiger partial charge >= 0.3 is 0 Å². The highest BCUT2D eigenvalue weighted by Gasteiger charge is 2.36. The van der Waals surface area contributed by atoms with Crippen molar-refractivity contribution in [3.63, 3.8) is 0 Å². The molecule has 8 heteroatoms. The Labute approximate surface area is 119 Å². The van der Waals surface area contributed by atoms with Gasteiger partial charge in [0.05, 0.1) is 10.6 Å². The summed E-state index contributed by atoms with van der Waals surface area (Å²) >= 11 is 1.07. The molecule has 0 saturated carbocycles. The number of hydrogen-bond acceptors (Lipinski definition) is 6. The summed E-state index contributed by atoms with van der Waals surface area (Å²) in [6.07, 6.45) is 0.176. The van der Waals surface area contributed by atoms with Crippen LogP contribution < -0.4 is 10.6 Å². The highest BCUT2D eigenvalue weighted by Crippen LogP contribution is 2.38. The predicted molar refractivity (Wildman–Crippen MR) is 76.5 cm³/mol. The van der Waals surface area contributed by atoms with Gasteiger partial charge in [0.25, 0.3) is 5.69 Å². The first-order valence-corrected chi connectivity index (χ1v) is 6.78. The highest BCUT2D eigenvalue weighted by atomic mass is 32.2. The van der Waals surface area contributed by atoms with Gasteiger partial charge in [0, 0.05) is 31.2 Å². The molecule has 1 saturated heterocycles. The number of carbonyl (C=O) groups excluding carboxylic acids is 2. The molecular weight excluding hydrogens is 282 g/mol. The third kappa shape index (κ3) is 2.74. The molecule has 0 aliphatic carbocycles. The predicted octanol–water partition coefficient (Wildman–Crippen LogP) is 1.56. The molecule has 1 heterocycles. The van der Waals surface area contributed by atoms with Crippen LogP contribution in [0.15, 0.2) is 18.2 Å². The number of carbonyl (C=O) groups is 2. The summed E-state index contributed by atoms with van der Waals surface area (Å²) in [6.45, 7) is 1.68. The van der Waals surface area contributed by atoms with E-state index in [1.165, 1.54) is 30.0 Å². The summed E-state index contributed by atoms with van der Waals surface area (Å²) in [4.78, 5) is 34.9. The van der Waals surface area contributed by atoms with E-state index < -0.39 is 4.92 Å². The Balaban J connectivity index is 2.35. The van der Waals surface area contributed by atoms with Gasteiger partial charge < -0.3 is 10.6 Å². The number of hydrogen-bond donors (Lipinski definition) is 1. The van der Waals surface area contributed by atoms with Gasteiger partial charge in [-0.3, -0.25) is 19.7 Å². The fraction of sp³-hybridized carbons (Fsp3) is 0.333. The van der Waals surface area contributed by atoms with Crippen LogP contribution in [-0.4, -0.2) is 27.7 Å². The van der Waals surface area contributed by atoms with Crippen molar-refractivity contribution < 1.29 is 14.5 Å². The van der Waals surface area contributed by atoms with Crippen LogP contribution in [0.5, 0.6) is 0 Å². The minimum atomic E-state index is -0.565. The van der Waals surface area contributed by atoms with Gasteiger partial charge in [-0.1, -0.05) is 17.8 Å².